The van der Waals surface area contributed by atoms with Gasteiger partial charge in [0.05, 0.1) is 0 Å². The van der Waals surface area contributed by atoms with Crippen molar-refractivity contribution in [3.05, 3.63) is 34.3 Å². The molecule has 0 heterocycles. The van der Waals surface area contributed by atoms with E-state index in [9.17, 15) is 4.79 Å². The minimum atomic E-state index is 0.243. The molecule has 0 saturated heterocycles. The van der Waals surface area contributed by atoms with Crippen molar-refractivity contribution in [2.45, 2.75) is 19.3 Å². The molecule has 0 amide bonds. The Labute approximate surface area is 92.6 Å². The second kappa shape index (κ2) is 5.94. The Morgan fingerprint density at radius 3 is 2.79 bits per heavy atom. The summed E-state index contributed by atoms with van der Waals surface area (Å²) in [6.07, 6.45) is 1.89. The summed E-state index contributed by atoms with van der Waals surface area (Å²) in [6, 6.07) is 8.02. The van der Waals surface area contributed by atoms with Crippen LogP contribution in [0.1, 0.15) is 18.4 Å². The zero-order valence-electron chi connectivity index (χ0n) is 8.00. The van der Waals surface area contributed by atoms with Gasteiger partial charge >= 0.3 is 0 Å². The number of carbonyl (C=O) groups excluding carboxylic acids is 1. The van der Waals surface area contributed by atoms with E-state index in [-0.39, 0.29) is 5.78 Å². The first-order valence-corrected chi connectivity index (χ1v) is 5.48. The molecule has 2 nitrogen and oxygen atoms in total. The van der Waals surface area contributed by atoms with Gasteiger partial charge in [-0.25, -0.2) is 0 Å². The normalized spacial score (nSPS) is 10.1. The molecule has 0 saturated carbocycles. The average molecular weight is 256 g/mol. The van der Waals surface area contributed by atoms with Crippen molar-refractivity contribution in [1.29, 1.82) is 0 Å². The number of ketones is 1. The molecule has 0 atom stereocenters. The first kappa shape index (κ1) is 11.4. The fourth-order valence-electron chi connectivity index (χ4n) is 1.26. The number of rotatable bonds is 5. The number of Topliss-reactive ketones (excluding diaryl/α,β-unsaturated/α-hetero) is 1. The van der Waals surface area contributed by atoms with E-state index in [1.165, 1.54) is 5.56 Å². The third kappa shape index (κ3) is 4.03. The van der Waals surface area contributed by atoms with Crippen molar-refractivity contribution in [1.82, 2.24) is 0 Å². The van der Waals surface area contributed by atoms with Gasteiger partial charge in [0.2, 0.25) is 0 Å². The maximum absolute atomic E-state index is 11.2. The fourth-order valence-corrected chi connectivity index (χ4v) is 1.71. The minimum Gasteiger partial charge on any atom is -0.330 e. The van der Waals surface area contributed by atoms with E-state index >= 15 is 0 Å². The molecule has 0 aromatic heterocycles. The molecule has 76 valence electrons. The van der Waals surface area contributed by atoms with Gasteiger partial charge < -0.3 is 5.73 Å². The lowest BCUT2D eigenvalue weighted by molar-refractivity contribution is -0.118. The summed E-state index contributed by atoms with van der Waals surface area (Å²) in [4.78, 5) is 11.2. The lowest BCUT2D eigenvalue weighted by atomic mass is 10.1. The van der Waals surface area contributed by atoms with Gasteiger partial charge in [-0.15, -0.1) is 0 Å². The zero-order chi connectivity index (χ0) is 10.4. The monoisotopic (exact) mass is 255 g/mol. The number of carbonyl (C=O) groups is 1. The van der Waals surface area contributed by atoms with Crippen LogP contribution in [0.3, 0.4) is 0 Å². The van der Waals surface area contributed by atoms with Crippen molar-refractivity contribution in [2.75, 3.05) is 6.54 Å². The lowest BCUT2D eigenvalue weighted by Gasteiger charge is -2.00. The smallest absolute Gasteiger partial charge is 0.134 e. The summed E-state index contributed by atoms with van der Waals surface area (Å²) in [6.45, 7) is 0.456. The molecule has 0 fully saturated rings. The van der Waals surface area contributed by atoms with E-state index in [4.69, 9.17) is 5.73 Å². The molecule has 1 rings (SSSR count). The second-order valence-electron chi connectivity index (χ2n) is 3.21. The van der Waals surface area contributed by atoms with E-state index in [1.54, 1.807) is 0 Å². The summed E-state index contributed by atoms with van der Waals surface area (Å²) < 4.78 is 1.06. The van der Waals surface area contributed by atoms with Crippen molar-refractivity contribution >= 4 is 21.7 Å². The molecule has 14 heavy (non-hydrogen) atoms. The van der Waals surface area contributed by atoms with E-state index < -0.39 is 0 Å². The quantitative estimate of drug-likeness (QED) is 0.878. The van der Waals surface area contributed by atoms with Crippen LogP contribution in [0, 0.1) is 0 Å². The van der Waals surface area contributed by atoms with Gasteiger partial charge in [-0.2, -0.15) is 0 Å². The topological polar surface area (TPSA) is 43.1 Å². The van der Waals surface area contributed by atoms with Crippen LogP contribution in [0.4, 0.5) is 0 Å². The van der Waals surface area contributed by atoms with Crippen molar-refractivity contribution < 1.29 is 4.79 Å². The van der Waals surface area contributed by atoms with Gasteiger partial charge in [-0.3, -0.25) is 4.79 Å². The highest BCUT2D eigenvalue weighted by molar-refractivity contribution is 9.10. The number of aryl methyl sites for hydroxylation is 1. The Hall–Kier alpha value is -0.670. The van der Waals surface area contributed by atoms with Crippen LogP contribution in [0.15, 0.2) is 28.7 Å². The number of nitrogens with two attached hydrogens (primary N) is 1. The Morgan fingerprint density at radius 2 is 2.14 bits per heavy atom. The highest BCUT2D eigenvalue weighted by atomic mass is 79.9. The maximum atomic E-state index is 11.2. The molecule has 1 aromatic rings. The maximum Gasteiger partial charge on any atom is 0.134 e. The number of hydrogen-bond donors (Lipinski definition) is 1. The summed E-state index contributed by atoms with van der Waals surface area (Å²) in [5, 5.41) is 0. The molecule has 1 aromatic carbocycles. The lowest BCUT2D eigenvalue weighted by Crippen LogP contribution is -2.08. The Balaban J connectivity index is 2.41. The SMILES string of the molecule is NCCC(=O)CCc1cccc(Br)c1. The van der Waals surface area contributed by atoms with Crippen LogP contribution < -0.4 is 5.73 Å². The highest BCUT2D eigenvalue weighted by Gasteiger charge is 2.01. The molecule has 0 radical (unpaired) electrons. The largest absolute Gasteiger partial charge is 0.330 e. The molecular formula is C11H14BrNO. The van der Waals surface area contributed by atoms with Crippen LogP contribution in [0.5, 0.6) is 0 Å². The molecule has 0 bridgehead atoms. The van der Waals surface area contributed by atoms with Gasteiger partial charge in [0.1, 0.15) is 5.78 Å². The van der Waals surface area contributed by atoms with Crippen molar-refractivity contribution in [3.63, 3.8) is 0 Å². The van der Waals surface area contributed by atoms with Gasteiger partial charge in [0.25, 0.3) is 0 Å². The number of benzene rings is 1. The van der Waals surface area contributed by atoms with Gasteiger partial charge in [-0.05, 0) is 30.7 Å². The standard InChI is InChI=1S/C11H14BrNO/c12-10-3-1-2-9(8-10)4-5-11(14)6-7-13/h1-3,8H,4-7,13H2. The molecule has 3 heteroatoms. The molecule has 2 N–H and O–H groups in total. The Bertz CT molecular complexity index is 312. The van der Waals surface area contributed by atoms with Crippen LogP contribution >= 0.6 is 15.9 Å². The molecule has 0 aliphatic carbocycles. The predicted octanol–water partition coefficient (Wildman–Crippen LogP) is 2.30. The zero-order valence-corrected chi connectivity index (χ0v) is 9.59. The Kier molecular flexibility index (Phi) is 4.84. The van der Waals surface area contributed by atoms with Gasteiger partial charge in [0, 0.05) is 17.3 Å². The third-order valence-corrected chi connectivity index (χ3v) is 2.50. The molecular weight excluding hydrogens is 242 g/mol. The van der Waals surface area contributed by atoms with Crippen molar-refractivity contribution in [3.8, 4) is 0 Å². The van der Waals surface area contributed by atoms with Crippen LogP contribution in [-0.4, -0.2) is 12.3 Å². The van der Waals surface area contributed by atoms with E-state index in [0.717, 1.165) is 10.9 Å². The van der Waals surface area contributed by atoms with Crippen LogP contribution in [0.25, 0.3) is 0 Å². The average Bonchev–Trinajstić information content (AvgIpc) is 2.15. The molecule has 0 aliphatic heterocycles. The minimum absolute atomic E-state index is 0.243. The fraction of sp³-hybridized carbons (Fsp3) is 0.364. The number of hydrogen-bond acceptors (Lipinski definition) is 2. The molecule has 0 aliphatic rings. The summed E-state index contributed by atoms with van der Waals surface area (Å²) in [5.74, 6) is 0.243. The summed E-state index contributed by atoms with van der Waals surface area (Å²) >= 11 is 3.39. The number of halogens is 1. The second-order valence-corrected chi connectivity index (χ2v) is 4.12. The first-order valence-electron chi connectivity index (χ1n) is 4.68. The van der Waals surface area contributed by atoms with Gasteiger partial charge in [0.15, 0.2) is 0 Å². The van der Waals surface area contributed by atoms with Crippen LogP contribution in [-0.2, 0) is 11.2 Å². The Morgan fingerprint density at radius 1 is 1.36 bits per heavy atom. The van der Waals surface area contributed by atoms with Gasteiger partial charge in [-0.1, -0.05) is 28.1 Å². The summed E-state index contributed by atoms with van der Waals surface area (Å²) in [5.41, 5.74) is 6.48. The molecule has 0 spiro atoms. The summed E-state index contributed by atoms with van der Waals surface area (Å²) in [7, 11) is 0. The van der Waals surface area contributed by atoms with E-state index in [2.05, 4.69) is 15.9 Å². The highest BCUT2D eigenvalue weighted by Crippen LogP contribution is 2.13. The van der Waals surface area contributed by atoms with Crippen LogP contribution in [0.2, 0.25) is 0 Å². The van der Waals surface area contributed by atoms with E-state index in [1.807, 2.05) is 24.3 Å². The third-order valence-electron chi connectivity index (χ3n) is 2.00. The van der Waals surface area contributed by atoms with E-state index in [0.29, 0.717) is 19.4 Å². The van der Waals surface area contributed by atoms with Crippen molar-refractivity contribution in [2.24, 2.45) is 5.73 Å². The first-order chi connectivity index (χ1) is 6.72. The molecule has 0 unspecified atom stereocenters. The predicted molar refractivity (Wildman–Crippen MR) is 61.1 cm³/mol.